The van der Waals surface area contributed by atoms with Gasteiger partial charge >= 0.3 is 0 Å². The number of carbonyl (C=O) groups is 1. The Morgan fingerprint density at radius 3 is 3.00 bits per heavy atom. The Bertz CT molecular complexity index is 448. The zero-order valence-electron chi connectivity index (χ0n) is 11.4. The average molecular weight is 262 g/mol. The topological polar surface area (TPSA) is 66.6 Å². The van der Waals surface area contributed by atoms with Gasteiger partial charge in [-0.1, -0.05) is 19.1 Å². The van der Waals surface area contributed by atoms with Crippen LogP contribution in [0.25, 0.3) is 0 Å². The lowest BCUT2D eigenvalue weighted by molar-refractivity contribution is -0.134. The number of benzene rings is 1. The number of rotatable bonds is 3. The lowest BCUT2D eigenvalue weighted by Crippen LogP contribution is -2.45. The molecule has 2 rings (SSSR count). The molecule has 1 aromatic rings. The van der Waals surface area contributed by atoms with Crippen LogP contribution in [-0.4, -0.2) is 35.1 Å². The number of amides is 1. The Morgan fingerprint density at radius 2 is 2.32 bits per heavy atom. The van der Waals surface area contributed by atoms with E-state index in [1.165, 1.54) is 0 Å². The minimum absolute atomic E-state index is 0.168. The number of carbonyl (C=O) groups excluding carboxylic acids is 1. The molecule has 0 bridgehead atoms. The number of piperidine rings is 1. The summed E-state index contributed by atoms with van der Waals surface area (Å²) in [5, 5.41) is 9.66. The monoisotopic (exact) mass is 262 g/mol. The van der Waals surface area contributed by atoms with Crippen LogP contribution in [0.15, 0.2) is 24.3 Å². The number of nitrogens with two attached hydrogens (primary N) is 1. The van der Waals surface area contributed by atoms with Gasteiger partial charge in [-0.3, -0.25) is 4.79 Å². The van der Waals surface area contributed by atoms with E-state index in [2.05, 4.69) is 0 Å². The van der Waals surface area contributed by atoms with Gasteiger partial charge in [0, 0.05) is 25.2 Å². The summed E-state index contributed by atoms with van der Waals surface area (Å²) in [6, 6.07) is 7.66. The van der Waals surface area contributed by atoms with Gasteiger partial charge in [0.25, 0.3) is 0 Å². The van der Waals surface area contributed by atoms with E-state index in [0.29, 0.717) is 25.9 Å². The second-order valence-corrected chi connectivity index (χ2v) is 5.42. The molecule has 1 aliphatic rings. The van der Waals surface area contributed by atoms with E-state index in [1.807, 2.05) is 36.1 Å². The normalized spacial score (nSPS) is 23.4. The van der Waals surface area contributed by atoms with E-state index in [9.17, 15) is 9.90 Å². The van der Waals surface area contributed by atoms with Crippen LogP contribution >= 0.6 is 0 Å². The molecule has 0 aliphatic carbocycles. The van der Waals surface area contributed by atoms with Gasteiger partial charge in [0.1, 0.15) is 0 Å². The fourth-order valence-corrected chi connectivity index (χ4v) is 2.52. The summed E-state index contributed by atoms with van der Waals surface area (Å²) in [6.07, 6.45) is 1.65. The molecule has 1 heterocycles. The first-order valence-electron chi connectivity index (χ1n) is 6.86. The maximum Gasteiger partial charge on any atom is 0.222 e. The summed E-state index contributed by atoms with van der Waals surface area (Å²) in [6.45, 7) is 3.32. The van der Waals surface area contributed by atoms with Crippen molar-refractivity contribution >= 4 is 11.6 Å². The molecule has 4 nitrogen and oxygen atoms in total. The first-order valence-corrected chi connectivity index (χ1v) is 6.86. The summed E-state index contributed by atoms with van der Waals surface area (Å²) in [5.41, 5.74) is 7.55. The van der Waals surface area contributed by atoms with Crippen LogP contribution < -0.4 is 5.73 Å². The standard InChI is InChI=1S/C15H22N2O2/c1-11-10-17(8-7-14(11)18)15(19)6-5-12-3-2-4-13(16)9-12/h2-4,9,11,14,18H,5-8,10,16H2,1H3. The number of nitrogens with zero attached hydrogens (tertiary/aromatic N) is 1. The third-order valence-electron chi connectivity index (χ3n) is 3.79. The zero-order valence-corrected chi connectivity index (χ0v) is 11.4. The Hall–Kier alpha value is -1.55. The van der Waals surface area contributed by atoms with E-state index in [0.717, 1.165) is 17.7 Å². The maximum atomic E-state index is 12.1. The molecule has 1 aromatic carbocycles. The van der Waals surface area contributed by atoms with Gasteiger partial charge in [0.05, 0.1) is 6.10 Å². The fraction of sp³-hybridized carbons (Fsp3) is 0.533. The second-order valence-electron chi connectivity index (χ2n) is 5.42. The number of aryl methyl sites for hydroxylation is 1. The number of hydrogen-bond acceptors (Lipinski definition) is 3. The molecule has 2 atom stereocenters. The maximum absolute atomic E-state index is 12.1. The molecule has 4 heteroatoms. The molecular formula is C15H22N2O2. The van der Waals surface area contributed by atoms with Gasteiger partial charge in [-0.2, -0.15) is 0 Å². The Morgan fingerprint density at radius 1 is 1.53 bits per heavy atom. The largest absolute Gasteiger partial charge is 0.399 e. The summed E-state index contributed by atoms with van der Waals surface area (Å²) in [4.78, 5) is 14.0. The van der Waals surface area contributed by atoms with Gasteiger partial charge in [-0.25, -0.2) is 0 Å². The van der Waals surface area contributed by atoms with Crippen molar-refractivity contribution in [1.82, 2.24) is 4.90 Å². The number of aliphatic hydroxyl groups excluding tert-OH is 1. The highest BCUT2D eigenvalue weighted by molar-refractivity contribution is 5.76. The minimum Gasteiger partial charge on any atom is -0.399 e. The van der Waals surface area contributed by atoms with Crippen molar-refractivity contribution in [3.63, 3.8) is 0 Å². The van der Waals surface area contributed by atoms with E-state index >= 15 is 0 Å². The van der Waals surface area contributed by atoms with Crippen molar-refractivity contribution in [2.45, 2.75) is 32.3 Å². The zero-order chi connectivity index (χ0) is 13.8. The molecule has 0 radical (unpaired) electrons. The lowest BCUT2D eigenvalue weighted by atomic mass is 9.96. The predicted molar refractivity (Wildman–Crippen MR) is 75.5 cm³/mol. The van der Waals surface area contributed by atoms with Gasteiger partial charge in [0.15, 0.2) is 0 Å². The Labute approximate surface area is 114 Å². The first-order chi connectivity index (χ1) is 9.06. The molecule has 0 saturated carbocycles. The van der Waals surface area contributed by atoms with Crippen LogP contribution in [0, 0.1) is 5.92 Å². The highest BCUT2D eigenvalue weighted by Crippen LogP contribution is 2.18. The molecule has 1 aliphatic heterocycles. The smallest absolute Gasteiger partial charge is 0.222 e. The SMILES string of the molecule is CC1CN(C(=O)CCc2cccc(N)c2)CCC1O. The van der Waals surface area contributed by atoms with Crippen LogP contribution in [0.4, 0.5) is 5.69 Å². The van der Waals surface area contributed by atoms with Crippen molar-refractivity contribution in [3.8, 4) is 0 Å². The molecule has 0 spiro atoms. The van der Waals surface area contributed by atoms with E-state index < -0.39 is 0 Å². The van der Waals surface area contributed by atoms with Crippen LogP contribution in [0.5, 0.6) is 0 Å². The molecular weight excluding hydrogens is 240 g/mol. The third-order valence-corrected chi connectivity index (χ3v) is 3.79. The summed E-state index contributed by atoms with van der Waals surface area (Å²) >= 11 is 0. The molecule has 1 fully saturated rings. The van der Waals surface area contributed by atoms with Crippen molar-refractivity contribution in [2.24, 2.45) is 5.92 Å². The number of likely N-dealkylation sites (tertiary alicyclic amines) is 1. The molecule has 0 aromatic heterocycles. The minimum atomic E-state index is -0.266. The quantitative estimate of drug-likeness (QED) is 0.810. The second kappa shape index (κ2) is 6.06. The van der Waals surface area contributed by atoms with Crippen LogP contribution in [-0.2, 0) is 11.2 Å². The lowest BCUT2D eigenvalue weighted by Gasteiger charge is -2.34. The van der Waals surface area contributed by atoms with Crippen LogP contribution in [0.3, 0.4) is 0 Å². The van der Waals surface area contributed by atoms with Crippen molar-refractivity contribution in [2.75, 3.05) is 18.8 Å². The van der Waals surface area contributed by atoms with Gasteiger partial charge in [-0.05, 0) is 36.5 Å². The first kappa shape index (κ1) is 13.9. The summed E-state index contributed by atoms with van der Waals surface area (Å²) in [7, 11) is 0. The highest BCUT2D eigenvalue weighted by Gasteiger charge is 2.26. The molecule has 2 unspecified atom stereocenters. The predicted octanol–water partition coefficient (Wildman–Crippen LogP) is 1.43. The van der Waals surface area contributed by atoms with Crippen molar-refractivity contribution in [1.29, 1.82) is 0 Å². The highest BCUT2D eigenvalue weighted by atomic mass is 16.3. The van der Waals surface area contributed by atoms with Crippen LogP contribution in [0.2, 0.25) is 0 Å². The average Bonchev–Trinajstić information content (AvgIpc) is 2.39. The summed E-state index contributed by atoms with van der Waals surface area (Å²) in [5.74, 6) is 0.339. The molecule has 1 saturated heterocycles. The molecule has 1 amide bonds. The third kappa shape index (κ3) is 3.70. The van der Waals surface area contributed by atoms with Gasteiger partial charge in [0.2, 0.25) is 5.91 Å². The summed E-state index contributed by atoms with van der Waals surface area (Å²) < 4.78 is 0. The fourth-order valence-electron chi connectivity index (χ4n) is 2.52. The number of hydrogen-bond donors (Lipinski definition) is 2. The van der Waals surface area contributed by atoms with E-state index in [-0.39, 0.29) is 17.9 Å². The number of anilines is 1. The van der Waals surface area contributed by atoms with E-state index in [4.69, 9.17) is 5.73 Å². The van der Waals surface area contributed by atoms with Crippen molar-refractivity contribution in [3.05, 3.63) is 29.8 Å². The van der Waals surface area contributed by atoms with Crippen molar-refractivity contribution < 1.29 is 9.90 Å². The van der Waals surface area contributed by atoms with Gasteiger partial charge < -0.3 is 15.7 Å². The van der Waals surface area contributed by atoms with E-state index in [1.54, 1.807) is 0 Å². The van der Waals surface area contributed by atoms with Gasteiger partial charge in [-0.15, -0.1) is 0 Å². The number of nitrogen functional groups attached to an aromatic ring is 1. The van der Waals surface area contributed by atoms with Crippen LogP contribution in [0.1, 0.15) is 25.3 Å². The molecule has 19 heavy (non-hydrogen) atoms. The molecule has 104 valence electrons. The Kier molecular flexibility index (Phi) is 4.43. The molecule has 3 N–H and O–H groups in total. The number of aliphatic hydroxyl groups is 1. The Balaban J connectivity index is 1.84.